The van der Waals surface area contributed by atoms with Gasteiger partial charge in [0, 0.05) is 6.42 Å². The van der Waals surface area contributed by atoms with Crippen molar-refractivity contribution in [2.24, 2.45) is 5.41 Å². The van der Waals surface area contributed by atoms with Crippen LogP contribution in [0.3, 0.4) is 0 Å². The maximum absolute atomic E-state index is 12.3. The fourth-order valence-corrected chi connectivity index (χ4v) is 3.18. The highest BCUT2D eigenvalue weighted by Crippen LogP contribution is 2.35. The second-order valence-electron chi connectivity index (χ2n) is 7.68. The molecule has 0 saturated carbocycles. The molecule has 3 heteroatoms. The van der Waals surface area contributed by atoms with E-state index in [1.54, 1.807) is 0 Å². The van der Waals surface area contributed by atoms with E-state index in [9.17, 15) is 9.90 Å². The zero-order valence-electron chi connectivity index (χ0n) is 14.1. The van der Waals surface area contributed by atoms with Gasteiger partial charge in [-0.15, -0.1) is 0 Å². The maximum atomic E-state index is 12.3. The number of fused-ring (bicyclic) bond motifs is 1. The van der Waals surface area contributed by atoms with E-state index in [0.29, 0.717) is 12.3 Å². The van der Waals surface area contributed by atoms with Crippen LogP contribution in [0.15, 0.2) is 24.3 Å². The summed E-state index contributed by atoms with van der Waals surface area (Å²) in [4.78, 5) is 12.3. The topological polar surface area (TPSA) is 49.3 Å². The fraction of sp³-hybridized carbons (Fsp3) is 0.632. The number of aryl methyl sites for hydroxylation is 1. The van der Waals surface area contributed by atoms with Crippen molar-refractivity contribution in [1.82, 2.24) is 5.32 Å². The molecule has 0 aliphatic heterocycles. The first-order valence-corrected chi connectivity index (χ1v) is 8.37. The van der Waals surface area contributed by atoms with Gasteiger partial charge in [0.25, 0.3) is 0 Å². The van der Waals surface area contributed by atoms with Gasteiger partial charge in [-0.05, 0) is 48.1 Å². The molecule has 0 aromatic heterocycles. The van der Waals surface area contributed by atoms with E-state index < -0.39 is 0 Å². The SMILES string of the molecule is CC(C)(C)CC[C@H](CO)NC(=O)C[C@H]1CCc2ccccc21. The molecule has 1 aliphatic carbocycles. The maximum Gasteiger partial charge on any atom is 0.220 e. The standard InChI is InChI=1S/C19H29NO2/c1-19(2,3)11-10-16(13-21)20-18(22)12-15-9-8-14-6-4-5-7-17(14)15/h4-7,15-16,21H,8-13H2,1-3H3,(H,20,22)/t15-,16-/m1/s1. The average Bonchev–Trinajstić information content (AvgIpc) is 2.86. The average molecular weight is 303 g/mol. The second-order valence-corrected chi connectivity index (χ2v) is 7.68. The first-order valence-electron chi connectivity index (χ1n) is 8.37. The molecule has 1 amide bonds. The molecular formula is C19H29NO2. The highest BCUT2D eigenvalue weighted by Gasteiger charge is 2.25. The van der Waals surface area contributed by atoms with Crippen molar-refractivity contribution in [3.63, 3.8) is 0 Å². The third-order valence-corrected chi connectivity index (χ3v) is 4.52. The molecule has 22 heavy (non-hydrogen) atoms. The van der Waals surface area contributed by atoms with Crippen LogP contribution in [0.1, 0.15) is 63.5 Å². The van der Waals surface area contributed by atoms with Gasteiger partial charge in [0.2, 0.25) is 5.91 Å². The predicted octanol–water partition coefficient (Wildman–Crippen LogP) is 3.41. The Balaban J connectivity index is 1.85. The summed E-state index contributed by atoms with van der Waals surface area (Å²) in [5.74, 6) is 0.396. The minimum absolute atomic E-state index is 0.0169. The Labute approximate surface area is 134 Å². The lowest BCUT2D eigenvalue weighted by Crippen LogP contribution is -2.38. The molecule has 2 rings (SSSR count). The molecule has 0 heterocycles. The Kier molecular flexibility index (Phi) is 5.63. The van der Waals surface area contributed by atoms with Crippen LogP contribution in [0.25, 0.3) is 0 Å². The van der Waals surface area contributed by atoms with Gasteiger partial charge in [-0.25, -0.2) is 0 Å². The number of benzene rings is 1. The van der Waals surface area contributed by atoms with Gasteiger partial charge >= 0.3 is 0 Å². The van der Waals surface area contributed by atoms with Crippen molar-refractivity contribution in [2.45, 2.75) is 64.8 Å². The zero-order chi connectivity index (χ0) is 16.2. The number of hydrogen-bond donors (Lipinski definition) is 2. The third-order valence-electron chi connectivity index (χ3n) is 4.52. The first kappa shape index (κ1) is 17.0. The quantitative estimate of drug-likeness (QED) is 0.846. The minimum Gasteiger partial charge on any atom is -0.394 e. The molecule has 2 N–H and O–H groups in total. The van der Waals surface area contributed by atoms with Crippen molar-refractivity contribution in [2.75, 3.05) is 6.61 Å². The summed E-state index contributed by atoms with van der Waals surface area (Å²) in [6.07, 6.45) is 4.47. The van der Waals surface area contributed by atoms with Crippen LogP contribution in [-0.2, 0) is 11.2 Å². The molecular weight excluding hydrogens is 274 g/mol. The Hall–Kier alpha value is -1.35. The molecule has 0 saturated heterocycles. The highest BCUT2D eigenvalue weighted by atomic mass is 16.3. The lowest BCUT2D eigenvalue weighted by molar-refractivity contribution is -0.122. The highest BCUT2D eigenvalue weighted by molar-refractivity contribution is 5.77. The first-order chi connectivity index (χ1) is 10.4. The van der Waals surface area contributed by atoms with Gasteiger partial charge in [0.1, 0.15) is 0 Å². The summed E-state index contributed by atoms with van der Waals surface area (Å²) in [5.41, 5.74) is 2.93. The monoisotopic (exact) mass is 303 g/mol. The van der Waals surface area contributed by atoms with Crippen molar-refractivity contribution in [3.8, 4) is 0 Å². The zero-order valence-corrected chi connectivity index (χ0v) is 14.1. The predicted molar refractivity (Wildman–Crippen MR) is 89.8 cm³/mol. The third kappa shape index (κ3) is 4.84. The molecule has 0 fully saturated rings. The molecule has 1 aliphatic rings. The lowest BCUT2D eigenvalue weighted by Gasteiger charge is -2.23. The van der Waals surface area contributed by atoms with E-state index in [1.807, 2.05) is 0 Å². The van der Waals surface area contributed by atoms with E-state index in [-0.39, 0.29) is 24.0 Å². The smallest absolute Gasteiger partial charge is 0.220 e. The number of aliphatic hydroxyl groups excluding tert-OH is 1. The van der Waals surface area contributed by atoms with Crippen LogP contribution >= 0.6 is 0 Å². The molecule has 0 unspecified atom stereocenters. The Morgan fingerprint density at radius 2 is 2.09 bits per heavy atom. The number of aliphatic hydroxyl groups is 1. The largest absolute Gasteiger partial charge is 0.394 e. The summed E-state index contributed by atoms with van der Waals surface area (Å²) in [6.45, 7) is 6.55. The number of nitrogens with one attached hydrogen (secondary N) is 1. The number of rotatable bonds is 6. The van der Waals surface area contributed by atoms with Crippen molar-refractivity contribution in [1.29, 1.82) is 0 Å². The van der Waals surface area contributed by atoms with Gasteiger partial charge in [-0.3, -0.25) is 4.79 Å². The molecule has 0 spiro atoms. The molecule has 0 bridgehead atoms. The lowest BCUT2D eigenvalue weighted by atomic mass is 9.88. The van der Waals surface area contributed by atoms with Crippen molar-refractivity contribution in [3.05, 3.63) is 35.4 Å². The fourth-order valence-electron chi connectivity index (χ4n) is 3.18. The Morgan fingerprint density at radius 3 is 2.77 bits per heavy atom. The van der Waals surface area contributed by atoms with Gasteiger partial charge in [-0.2, -0.15) is 0 Å². The number of amides is 1. The van der Waals surface area contributed by atoms with Crippen LogP contribution in [0.4, 0.5) is 0 Å². The number of carbonyl (C=O) groups is 1. The van der Waals surface area contributed by atoms with E-state index in [0.717, 1.165) is 25.7 Å². The minimum atomic E-state index is -0.122. The summed E-state index contributed by atoms with van der Waals surface area (Å²) in [5, 5.41) is 12.5. The summed E-state index contributed by atoms with van der Waals surface area (Å²) in [7, 11) is 0. The van der Waals surface area contributed by atoms with E-state index in [2.05, 4.69) is 50.4 Å². The van der Waals surface area contributed by atoms with Crippen LogP contribution in [0.5, 0.6) is 0 Å². The van der Waals surface area contributed by atoms with Crippen LogP contribution in [0.2, 0.25) is 0 Å². The van der Waals surface area contributed by atoms with Crippen LogP contribution in [-0.4, -0.2) is 23.7 Å². The van der Waals surface area contributed by atoms with E-state index in [4.69, 9.17) is 0 Å². The molecule has 2 atom stereocenters. The summed E-state index contributed by atoms with van der Waals surface area (Å²) in [6, 6.07) is 8.30. The summed E-state index contributed by atoms with van der Waals surface area (Å²) >= 11 is 0. The number of carbonyl (C=O) groups excluding carboxylic acids is 1. The van der Waals surface area contributed by atoms with Gasteiger partial charge in [-0.1, -0.05) is 45.0 Å². The molecule has 122 valence electrons. The van der Waals surface area contributed by atoms with Crippen molar-refractivity contribution < 1.29 is 9.90 Å². The Morgan fingerprint density at radius 1 is 1.36 bits per heavy atom. The van der Waals surface area contributed by atoms with Gasteiger partial charge in [0.15, 0.2) is 0 Å². The Bertz CT molecular complexity index is 504. The molecule has 3 nitrogen and oxygen atoms in total. The van der Waals surface area contributed by atoms with Crippen LogP contribution < -0.4 is 5.32 Å². The van der Waals surface area contributed by atoms with Crippen molar-refractivity contribution >= 4 is 5.91 Å². The van der Waals surface area contributed by atoms with Crippen LogP contribution in [0, 0.1) is 5.41 Å². The second kappa shape index (κ2) is 7.28. The molecule has 1 aromatic carbocycles. The molecule has 0 radical (unpaired) electrons. The van der Waals surface area contributed by atoms with E-state index >= 15 is 0 Å². The molecule has 1 aromatic rings. The summed E-state index contributed by atoms with van der Waals surface area (Å²) < 4.78 is 0. The normalized spacial score (nSPS) is 18.8. The number of hydrogen-bond acceptors (Lipinski definition) is 2. The van der Waals surface area contributed by atoms with E-state index in [1.165, 1.54) is 11.1 Å². The van der Waals surface area contributed by atoms with Gasteiger partial charge in [0.05, 0.1) is 12.6 Å². The van der Waals surface area contributed by atoms with Gasteiger partial charge < -0.3 is 10.4 Å².